The van der Waals surface area contributed by atoms with E-state index in [0.29, 0.717) is 5.76 Å². The lowest BCUT2D eigenvalue weighted by atomic mass is 9.96. The predicted molar refractivity (Wildman–Crippen MR) is 55.8 cm³/mol. The van der Waals surface area contributed by atoms with Gasteiger partial charge in [0.25, 0.3) is 0 Å². The maximum atomic E-state index is 11.0. The second kappa shape index (κ2) is 3.64. The van der Waals surface area contributed by atoms with Crippen molar-refractivity contribution in [3.8, 4) is 0 Å². The average Bonchev–Trinajstić information content (AvgIpc) is 2.83. The van der Waals surface area contributed by atoms with Crippen LogP contribution in [0, 0.1) is 0 Å². The number of furan rings is 1. The zero-order valence-corrected chi connectivity index (χ0v) is 9.78. The Balaban J connectivity index is 2.30. The summed E-state index contributed by atoms with van der Waals surface area (Å²) in [5.41, 5.74) is -0.466. The molecule has 1 aromatic rings. The van der Waals surface area contributed by atoms with Gasteiger partial charge in [-0.15, -0.1) is 0 Å². The monoisotopic (exact) mass is 274 g/mol. The molecule has 2 rings (SSSR count). The summed E-state index contributed by atoms with van der Waals surface area (Å²) >= 11 is 3.28. The maximum absolute atomic E-state index is 11.0. The van der Waals surface area contributed by atoms with Gasteiger partial charge in [0.15, 0.2) is 6.10 Å². The minimum atomic E-state index is -0.942. The Morgan fingerprint density at radius 2 is 2.40 bits per heavy atom. The van der Waals surface area contributed by atoms with Crippen LogP contribution in [0.4, 0.5) is 0 Å². The highest BCUT2D eigenvalue weighted by molar-refractivity contribution is 9.10. The number of aliphatic carboxylic acids is 1. The summed E-state index contributed by atoms with van der Waals surface area (Å²) in [6, 6.07) is 1.81. The second-order valence-electron chi connectivity index (χ2n) is 3.74. The van der Waals surface area contributed by atoms with Gasteiger partial charge in [-0.2, -0.15) is 0 Å². The van der Waals surface area contributed by atoms with Gasteiger partial charge in [0.2, 0.25) is 0 Å². The highest BCUT2D eigenvalue weighted by Gasteiger charge is 2.57. The second-order valence-corrected chi connectivity index (χ2v) is 4.65. The van der Waals surface area contributed by atoms with E-state index in [-0.39, 0.29) is 0 Å². The Hall–Kier alpha value is -0.810. The molecular formula is C10H11BrO4. The van der Waals surface area contributed by atoms with E-state index in [0.717, 1.165) is 17.3 Å². The third-order valence-electron chi connectivity index (χ3n) is 2.81. The smallest absolute Gasteiger partial charge is 0.333 e. The molecule has 1 atom stereocenters. The lowest BCUT2D eigenvalue weighted by molar-refractivity contribution is -0.151. The zero-order valence-electron chi connectivity index (χ0n) is 8.20. The van der Waals surface area contributed by atoms with E-state index in [1.807, 2.05) is 6.07 Å². The molecule has 1 saturated carbocycles. The van der Waals surface area contributed by atoms with E-state index in [9.17, 15) is 4.79 Å². The Morgan fingerprint density at radius 1 is 1.73 bits per heavy atom. The molecule has 0 radical (unpaired) electrons. The molecule has 1 aromatic heterocycles. The van der Waals surface area contributed by atoms with Gasteiger partial charge in [-0.05, 0) is 34.8 Å². The van der Waals surface area contributed by atoms with Crippen LogP contribution in [0.5, 0.6) is 0 Å². The molecule has 1 heterocycles. The predicted octanol–water partition coefficient (Wildman–Crippen LogP) is 2.17. The maximum Gasteiger partial charge on any atom is 0.333 e. The van der Waals surface area contributed by atoms with Crippen molar-refractivity contribution in [3.63, 3.8) is 0 Å². The molecule has 82 valence electrons. The Labute approximate surface area is 95.3 Å². The fraction of sp³-hybridized carbons (Fsp3) is 0.500. The summed E-state index contributed by atoms with van der Waals surface area (Å²) in [7, 11) is 1.41. The summed E-state index contributed by atoms with van der Waals surface area (Å²) < 4.78 is 11.2. The Bertz CT molecular complexity index is 381. The van der Waals surface area contributed by atoms with Crippen molar-refractivity contribution in [1.29, 1.82) is 0 Å². The van der Waals surface area contributed by atoms with Crippen LogP contribution in [-0.4, -0.2) is 24.3 Å². The molecule has 1 unspecified atom stereocenters. The van der Waals surface area contributed by atoms with E-state index in [4.69, 9.17) is 14.3 Å². The van der Waals surface area contributed by atoms with E-state index in [1.54, 1.807) is 6.26 Å². The normalized spacial score (nSPS) is 19.9. The molecule has 0 spiro atoms. The van der Waals surface area contributed by atoms with E-state index in [2.05, 4.69) is 15.9 Å². The quantitative estimate of drug-likeness (QED) is 0.914. The number of hydrogen-bond acceptors (Lipinski definition) is 3. The topological polar surface area (TPSA) is 59.7 Å². The summed E-state index contributed by atoms with van der Waals surface area (Å²) in [5.74, 6) is -0.258. The minimum Gasteiger partial charge on any atom is -0.479 e. The first-order valence-corrected chi connectivity index (χ1v) is 5.39. The third kappa shape index (κ3) is 1.70. The summed E-state index contributed by atoms with van der Waals surface area (Å²) in [4.78, 5) is 11.0. The summed E-state index contributed by atoms with van der Waals surface area (Å²) in [5, 5.41) is 9.04. The van der Waals surface area contributed by atoms with Crippen molar-refractivity contribution < 1.29 is 19.1 Å². The molecule has 0 aromatic carbocycles. The molecule has 1 fully saturated rings. The summed E-state index contributed by atoms with van der Waals surface area (Å²) in [6.07, 6.45) is 2.31. The van der Waals surface area contributed by atoms with Crippen LogP contribution in [-0.2, 0) is 14.9 Å². The highest BCUT2D eigenvalue weighted by Crippen LogP contribution is 2.52. The minimum absolute atomic E-state index is 0.466. The van der Waals surface area contributed by atoms with Crippen LogP contribution in [0.25, 0.3) is 0 Å². The number of carboxylic acids is 1. The van der Waals surface area contributed by atoms with Gasteiger partial charge in [-0.1, -0.05) is 0 Å². The van der Waals surface area contributed by atoms with Gasteiger partial charge in [-0.25, -0.2) is 4.79 Å². The molecule has 1 aliphatic rings. The van der Waals surface area contributed by atoms with E-state index >= 15 is 0 Å². The van der Waals surface area contributed by atoms with Crippen LogP contribution in [0.15, 0.2) is 21.2 Å². The number of hydrogen-bond donors (Lipinski definition) is 1. The highest BCUT2D eigenvalue weighted by atomic mass is 79.9. The number of carboxylic acid groups (broad SMARTS) is 1. The molecule has 0 bridgehead atoms. The van der Waals surface area contributed by atoms with Gasteiger partial charge in [0.1, 0.15) is 12.0 Å². The molecule has 1 aliphatic carbocycles. The SMILES string of the molecule is COC(C(=O)O)C1(c2cc(Br)co2)CC1. The largest absolute Gasteiger partial charge is 0.479 e. The molecule has 0 amide bonds. The molecular weight excluding hydrogens is 264 g/mol. The average molecular weight is 275 g/mol. The van der Waals surface area contributed by atoms with Gasteiger partial charge in [0, 0.05) is 7.11 Å². The van der Waals surface area contributed by atoms with E-state index in [1.165, 1.54) is 7.11 Å². The Kier molecular flexibility index (Phi) is 2.60. The zero-order chi connectivity index (χ0) is 11.1. The van der Waals surface area contributed by atoms with Gasteiger partial charge in [0.05, 0.1) is 9.89 Å². The first-order chi connectivity index (χ1) is 7.10. The molecule has 0 aliphatic heterocycles. The standard InChI is InChI=1S/C10H11BrO4/c1-14-8(9(12)13)10(2-3-10)7-4-6(11)5-15-7/h4-5,8H,2-3H2,1H3,(H,12,13). The third-order valence-corrected chi connectivity index (χ3v) is 3.22. The molecule has 0 saturated heterocycles. The number of methoxy groups -OCH3 is 1. The first kappa shape index (κ1) is 10.7. The van der Waals surface area contributed by atoms with Gasteiger partial charge in [-0.3, -0.25) is 0 Å². The first-order valence-electron chi connectivity index (χ1n) is 4.60. The van der Waals surface area contributed by atoms with Crippen molar-refractivity contribution in [2.75, 3.05) is 7.11 Å². The van der Waals surface area contributed by atoms with E-state index < -0.39 is 17.5 Å². The van der Waals surface area contributed by atoms with Crippen molar-refractivity contribution >= 4 is 21.9 Å². The molecule has 5 heteroatoms. The lowest BCUT2D eigenvalue weighted by Crippen LogP contribution is -2.35. The van der Waals surface area contributed by atoms with Crippen molar-refractivity contribution in [1.82, 2.24) is 0 Å². The van der Waals surface area contributed by atoms with Crippen LogP contribution >= 0.6 is 15.9 Å². The van der Waals surface area contributed by atoms with Crippen LogP contribution in [0.3, 0.4) is 0 Å². The van der Waals surface area contributed by atoms with Crippen LogP contribution < -0.4 is 0 Å². The van der Waals surface area contributed by atoms with Crippen molar-refractivity contribution in [3.05, 3.63) is 22.6 Å². The number of carbonyl (C=O) groups is 1. The number of rotatable bonds is 4. The summed E-state index contributed by atoms with van der Waals surface area (Å²) in [6.45, 7) is 0. The number of ether oxygens (including phenoxy) is 1. The molecule has 4 nitrogen and oxygen atoms in total. The van der Waals surface area contributed by atoms with Gasteiger partial charge < -0.3 is 14.3 Å². The van der Waals surface area contributed by atoms with Crippen LogP contribution in [0.1, 0.15) is 18.6 Å². The van der Waals surface area contributed by atoms with Crippen molar-refractivity contribution in [2.45, 2.75) is 24.4 Å². The van der Waals surface area contributed by atoms with Crippen molar-refractivity contribution in [2.24, 2.45) is 0 Å². The fourth-order valence-corrected chi connectivity index (χ4v) is 2.21. The Morgan fingerprint density at radius 3 is 2.73 bits per heavy atom. The van der Waals surface area contributed by atoms with Crippen LogP contribution in [0.2, 0.25) is 0 Å². The molecule has 1 N–H and O–H groups in total. The fourth-order valence-electron chi connectivity index (χ4n) is 1.91. The lowest BCUT2D eigenvalue weighted by Gasteiger charge is -2.19. The number of halogens is 1. The molecule has 15 heavy (non-hydrogen) atoms. The van der Waals surface area contributed by atoms with Gasteiger partial charge >= 0.3 is 5.97 Å².